The number of fused-ring (bicyclic) bond motifs is 2. The van der Waals surface area contributed by atoms with Crippen LogP contribution in [0.25, 0.3) is 22.2 Å². The third-order valence-electron chi connectivity index (χ3n) is 8.04. The molecule has 6 rings (SSSR count). The average Bonchev–Trinajstić information content (AvgIpc) is 3.46. The number of likely N-dealkylation sites (tertiary alicyclic amines) is 1. The van der Waals surface area contributed by atoms with Gasteiger partial charge >= 0.3 is 0 Å². The predicted molar refractivity (Wildman–Crippen MR) is 142 cm³/mol. The monoisotopic (exact) mass is 519 g/mol. The standard InChI is InChI=1S/C26H33N9O3/c1-15-3-4-16-17(11-15)31-19(30-16)5-6-20(36)34-9-7-26(8-10-34)13-25(2,37)18(12-38-26)35-14-29-21-22(27)32-24(28)33-23(21)35/h3-4,11,14,18,37H,5-10,12-13H2,1-2H3,(H,30,31)(H4,27,28,32,33)/t18-,25-/m1/s1. The summed E-state index contributed by atoms with van der Waals surface area (Å²) in [4.78, 5) is 35.4. The second-order valence-electron chi connectivity index (χ2n) is 10.9. The summed E-state index contributed by atoms with van der Waals surface area (Å²) >= 11 is 0. The van der Waals surface area contributed by atoms with Gasteiger partial charge in [-0.3, -0.25) is 4.79 Å². The Hall–Kier alpha value is -3.77. The van der Waals surface area contributed by atoms with Crippen molar-refractivity contribution in [3.63, 3.8) is 0 Å². The van der Waals surface area contributed by atoms with Crippen molar-refractivity contribution < 1.29 is 14.6 Å². The normalized spacial score (nSPS) is 23.4. The molecule has 0 saturated carbocycles. The zero-order chi connectivity index (χ0) is 26.7. The number of nitrogens with two attached hydrogens (primary N) is 2. The van der Waals surface area contributed by atoms with Crippen LogP contribution in [0.3, 0.4) is 0 Å². The number of hydrogen-bond acceptors (Lipinski definition) is 9. The van der Waals surface area contributed by atoms with E-state index in [0.29, 0.717) is 56.4 Å². The minimum atomic E-state index is -1.09. The summed E-state index contributed by atoms with van der Waals surface area (Å²) in [6.45, 7) is 5.32. The van der Waals surface area contributed by atoms with E-state index in [-0.39, 0.29) is 24.3 Å². The molecule has 0 aliphatic carbocycles. The third kappa shape index (κ3) is 4.33. The van der Waals surface area contributed by atoms with E-state index >= 15 is 0 Å². The first-order chi connectivity index (χ1) is 18.1. The molecule has 2 saturated heterocycles. The molecule has 1 aromatic carbocycles. The second-order valence-corrected chi connectivity index (χ2v) is 10.9. The number of hydrogen-bond donors (Lipinski definition) is 4. The molecule has 0 radical (unpaired) electrons. The number of benzene rings is 1. The minimum Gasteiger partial charge on any atom is -0.388 e. The summed E-state index contributed by atoms with van der Waals surface area (Å²) in [5.74, 6) is 1.19. The maximum atomic E-state index is 13.0. The lowest BCUT2D eigenvalue weighted by Crippen LogP contribution is -2.58. The SMILES string of the molecule is Cc1ccc2nc(CCC(=O)N3CCC4(CC3)C[C@@](C)(O)[C@H](n3cnc5c(N)nc(N)nc53)CO4)[nH]c2c1. The van der Waals surface area contributed by atoms with E-state index in [0.717, 1.165) is 16.9 Å². The van der Waals surface area contributed by atoms with Gasteiger partial charge in [0.2, 0.25) is 11.9 Å². The number of aromatic amines is 1. The Bertz CT molecular complexity index is 1520. The first kappa shape index (κ1) is 24.6. The van der Waals surface area contributed by atoms with Crippen LogP contribution in [0.15, 0.2) is 24.5 Å². The Morgan fingerprint density at radius 2 is 2.03 bits per heavy atom. The van der Waals surface area contributed by atoms with Crippen LogP contribution >= 0.6 is 0 Å². The third-order valence-corrected chi connectivity index (χ3v) is 8.04. The van der Waals surface area contributed by atoms with E-state index in [9.17, 15) is 9.90 Å². The molecule has 12 nitrogen and oxygen atoms in total. The molecular formula is C26H33N9O3. The quantitative estimate of drug-likeness (QED) is 0.314. The van der Waals surface area contributed by atoms with Gasteiger partial charge in [-0.25, -0.2) is 9.97 Å². The molecule has 200 valence electrons. The van der Waals surface area contributed by atoms with Crippen molar-refractivity contribution >= 4 is 39.9 Å². The average molecular weight is 520 g/mol. The summed E-state index contributed by atoms with van der Waals surface area (Å²) in [6, 6.07) is 5.68. The molecule has 12 heteroatoms. The highest BCUT2D eigenvalue weighted by Gasteiger charge is 2.50. The number of rotatable bonds is 4. The van der Waals surface area contributed by atoms with E-state index in [4.69, 9.17) is 16.2 Å². The first-order valence-electron chi connectivity index (χ1n) is 13.0. The van der Waals surface area contributed by atoms with E-state index in [1.807, 2.05) is 30.9 Å². The Labute approximate surface area is 219 Å². The number of anilines is 2. The number of nitrogens with zero attached hydrogens (tertiary/aromatic N) is 6. The molecule has 0 unspecified atom stereocenters. The van der Waals surface area contributed by atoms with Crippen molar-refractivity contribution in [2.75, 3.05) is 31.2 Å². The summed E-state index contributed by atoms with van der Waals surface area (Å²) in [5, 5.41) is 11.6. The fourth-order valence-corrected chi connectivity index (χ4v) is 5.98. The maximum absolute atomic E-state index is 13.0. The van der Waals surface area contributed by atoms with Crippen LogP contribution in [0.5, 0.6) is 0 Å². The molecule has 38 heavy (non-hydrogen) atoms. The van der Waals surface area contributed by atoms with E-state index in [1.54, 1.807) is 10.9 Å². The van der Waals surface area contributed by atoms with Crippen LogP contribution in [-0.2, 0) is 16.0 Å². The number of H-pyrrole nitrogens is 1. The zero-order valence-electron chi connectivity index (χ0n) is 21.6. The van der Waals surface area contributed by atoms with Crippen LogP contribution < -0.4 is 11.5 Å². The number of nitrogens with one attached hydrogen (secondary N) is 1. The van der Waals surface area contributed by atoms with Crippen molar-refractivity contribution in [2.24, 2.45) is 0 Å². The van der Waals surface area contributed by atoms with Crippen LogP contribution in [-0.4, -0.2) is 76.3 Å². The first-order valence-corrected chi connectivity index (χ1v) is 13.0. The molecule has 3 aromatic heterocycles. The lowest BCUT2D eigenvalue weighted by atomic mass is 9.75. The second kappa shape index (κ2) is 8.91. The largest absolute Gasteiger partial charge is 0.388 e. The van der Waals surface area contributed by atoms with E-state index in [1.165, 1.54) is 5.56 Å². The number of carbonyl (C=O) groups excluding carboxylic acids is 1. The zero-order valence-corrected chi connectivity index (χ0v) is 21.6. The Morgan fingerprint density at radius 3 is 2.79 bits per heavy atom. The van der Waals surface area contributed by atoms with Gasteiger partial charge in [-0.2, -0.15) is 9.97 Å². The molecule has 5 heterocycles. The van der Waals surface area contributed by atoms with Gasteiger partial charge in [-0.05, 0) is 44.4 Å². The molecule has 0 bridgehead atoms. The number of aromatic nitrogens is 6. The number of amides is 1. The van der Waals surface area contributed by atoms with Crippen molar-refractivity contribution in [3.8, 4) is 0 Å². The van der Waals surface area contributed by atoms with Crippen molar-refractivity contribution in [1.29, 1.82) is 0 Å². The fraction of sp³-hybridized carbons (Fsp3) is 0.500. The summed E-state index contributed by atoms with van der Waals surface area (Å²) in [5.41, 5.74) is 14.2. The maximum Gasteiger partial charge on any atom is 0.224 e. The molecule has 1 amide bonds. The molecule has 6 N–H and O–H groups in total. The highest BCUT2D eigenvalue weighted by molar-refractivity contribution is 5.83. The number of piperidine rings is 1. The fourth-order valence-electron chi connectivity index (χ4n) is 5.98. The van der Waals surface area contributed by atoms with Gasteiger partial charge in [0.15, 0.2) is 11.5 Å². The van der Waals surface area contributed by atoms with Crippen LogP contribution in [0, 0.1) is 6.92 Å². The van der Waals surface area contributed by atoms with Crippen LogP contribution in [0.1, 0.15) is 50.0 Å². The van der Waals surface area contributed by atoms with E-state index in [2.05, 4.69) is 31.0 Å². The molecule has 2 atom stereocenters. The summed E-state index contributed by atoms with van der Waals surface area (Å²) < 4.78 is 8.19. The number of imidazole rings is 2. The molecule has 1 spiro atoms. The highest BCUT2D eigenvalue weighted by Crippen LogP contribution is 2.44. The smallest absolute Gasteiger partial charge is 0.224 e. The predicted octanol–water partition coefficient (Wildman–Crippen LogP) is 1.88. The van der Waals surface area contributed by atoms with Crippen LogP contribution in [0.2, 0.25) is 0 Å². The van der Waals surface area contributed by atoms with Crippen molar-refractivity contribution in [1.82, 2.24) is 34.4 Å². The molecular weight excluding hydrogens is 486 g/mol. The lowest BCUT2D eigenvalue weighted by molar-refractivity contribution is -0.196. The number of carbonyl (C=O) groups is 1. The molecule has 2 aliphatic rings. The number of aliphatic hydroxyl groups is 1. The summed E-state index contributed by atoms with van der Waals surface area (Å²) in [6.07, 6.45) is 4.32. The van der Waals surface area contributed by atoms with Crippen molar-refractivity contribution in [2.45, 2.75) is 63.2 Å². The number of nitrogen functional groups attached to an aromatic ring is 2. The van der Waals surface area contributed by atoms with Gasteiger partial charge in [0.25, 0.3) is 0 Å². The lowest BCUT2D eigenvalue weighted by Gasteiger charge is -2.51. The van der Waals surface area contributed by atoms with Gasteiger partial charge in [-0.15, -0.1) is 0 Å². The van der Waals surface area contributed by atoms with Gasteiger partial charge < -0.3 is 35.8 Å². The van der Waals surface area contributed by atoms with Gasteiger partial charge in [0.1, 0.15) is 11.3 Å². The molecule has 4 aromatic rings. The molecule has 2 fully saturated rings. The van der Waals surface area contributed by atoms with Crippen molar-refractivity contribution in [3.05, 3.63) is 35.9 Å². The topological polar surface area (TPSA) is 174 Å². The Balaban J connectivity index is 1.08. The van der Waals surface area contributed by atoms with Gasteiger partial charge in [-0.1, -0.05) is 6.07 Å². The van der Waals surface area contributed by atoms with Gasteiger partial charge in [0.05, 0.1) is 41.2 Å². The number of ether oxygens (including phenoxy) is 1. The molecule has 2 aliphatic heterocycles. The highest BCUT2D eigenvalue weighted by atomic mass is 16.5. The Kier molecular flexibility index (Phi) is 5.76. The van der Waals surface area contributed by atoms with Gasteiger partial charge in [0, 0.05) is 32.4 Å². The van der Waals surface area contributed by atoms with E-state index < -0.39 is 17.2 Å². The Morgan fingerprint density at radius 1 is 1.24 bits per heavy atom. The van der Waals surface area contributed by atoms with Crippen LogP contribution in [0.4, 0.5) is 11.8 Å². The summed E-state index contributed by atoms with van der Waals surface area (Å²) in [7, 11) is 0. The number of aryl methyl sites for hydroxylation is 2. The minimum absolute atomic E-state index is 0.0528.